The molecule has 3 aromatic rings. The smallest absolute Gasteiger partial charge is 0.262 e. The van der Waals surface area contributed by atoms with Crippen LogP contribution in [0.25, 0.3) is 6.08 Å². The van der Waals surface area contributed by atoms with Gasteiger partial charge in [-0.2, -0.15) is 0 Å². The highest BCUT2D eigenvalue weighted by molar-refractivity contribution is 8.04. The molecule has 1 N–H and O–H groups in total. The van der Waals surface area contributed by atoms with E-state index in [1.165, 1.54) is 24.3 Å². The van der Waals surface area contributed by atoms with E-state index in [1.807, 2.05) is 0 Å². The number of methoxy groups -OCH3 is 1. The molecule has 3 aromatic carbocycles. The number of nitrogens with one attached hydrogen (secondary N) is 1. The molecule has 0 aliphatic carbocycles. The number of sulfone groups is 1. The van der Waals surface area contributed by atoms with Crippen LogP contribution in [0.5, 0.6) is 5.75 Å². The van der Waals surface area contributed by atoms with E-state index in [0.717, 1.165) is 29.5 Å². The van der Waals surface area contributed by atoms with E-state index < -0.39 is 32.8 Å². The first-order valence-corrected chi connectivity index (χ1v) is 11.9. The van der Waals surface area contributed by atoms with E-state index in [2.05, 4.69) is 5.32 Å². The number of ether oxygens (including phenoxy) is 1. The van der Waals surface area contributed by atoms with Gasteiger partial charge in [0.2, 0.25) is 0 Å². The number of anilines is 1. The predicted molar refractivity (Wildman–Crippen MR) is 119 cm³/mol. The van der Waals surface area contributed by atoms with E-state index in [-0.39, 0.29) is 10.8 Å². The zero-order chi connectivity index (χ0) is 22.9. The Morgan fingerprint density at radius 2 is 1.72 bits per heavy atom. The van der Waals surface area contributed by atoms with Crippen LogP contribution in [0.2, 0.25) is 0 Å². The first-order valence-electron chi connectivity index (χ1n) is 9.41. The third-order valence-electron chi connectivity index (χ3n) is 4.81. The zero-order valence-electron chi connectivity index (χ0n) is 16.8. The van der Waals surface area contributed by atoms with E-state index >= 15 is 0 Å². The van der Waals surface area contributed by atoms with Crippen molar-refractivity contribution in [3.63, 3.8) is 0 Å². The molecule has 164 valence electrons. The number of fused-ring (bicyclic) bond motifs is 1. The lowest BCUT2D eigenvalue weighted by Crippen LogP contribution is -2.18. The van der Waals surface area contributed by atoms with Gasteiger partial charge in [-0.15, -0.1) is 0 Å². The maximum absolute atomic E-state index is 13.9. The monoisotopic (exact) mass is 473 g/mol. The summed E-state index contributed by atoms with van der Waals surface area (Å²) < 4.78 is 58.7. The maximum Gasteiger partial charge on any atom is 0.262 e. The van der Waals surface area contributed by atoms with Crippen molar-refractivity contribution in [2.75, 3.05) is 12.4 Å². The molecule has 4 rings (SSSR count). The van der Waals surface area contributed by atoms with Gasteiger partial charge in [-0.25, -0.2) is 17.2 Å². The third-order valence-corrected chi connectivity index (χ3v) is 7.54. The standard InChI is InChI=1S/C23H17F2NO4S2/c1-30-15-7-5-14(6-8-15)11-22-23(27)26-20-10-9-16(12-21(20)31-22)32(28,29)13-17-18(24)3-2-4-19(17)25/h2-12H,13H2,1H3,(H,26,27). The van der Waals surface area contributed by atoms with Crippen LogP contribution in [-0.4, -0.2) is 21.4 Å². The highest BCUT2D eigenvalue weighted by atomic mass is 32.2. The summed E-state index contributed by atoms with van der Waals surface area (Å²) in [6.07, 6.45) is 1.68. The van der Waals surface area contributed by atoms with Gasteiger partial charge in [0.1, 0.15) is 17.4 Å². The Hall–Kier alpha value is -3.17. The Morgan fingerprint density at radius 1 is 1.03 bits per heavy atom. The molecule has 0 saturated heterocycles. The molecule has 0 spiro atoms. The largest absolute Gasteiger partial charge is 0.497 e. The van der Waals surface area contributed by atoms with Crippen molar-refractivity contribution in [2.24, 2.45) is 0 Å². The first kappa shape index (κ1) is 22.0. The minimum absolute atomic E-state index is 0.0913. The molecule has 0 atom stereocenters. The SMILES string of the molecule is COc1ccc(C=C2Sc3cc(S(=O)(=O)Cc4c(F)cccc4F)ccc3NC2=O)cc1. The molecule has 5 nitrogen and oxygen atoms in total. The minimum Gasteiger partial charge on any atom is -0.497 e. The molecule has 0 aromatic heterocycles. The zero-order valence-corrected chi connectivity index (χ0v) is 18.4. The Morgan fingerprint density at radius 3 is 2.38 bits per heavy atom. The van der Waals surface area contributed by atoms with Gasteiger partial charge in [0, 0.05) is 10.5 Å². The summed E-state index contributed by atoms with van der Waals surface area (Å²) >= 11 is 1.12. The van der Waals surface area contributed by atoms with Crippen LogP contribution in [0, 0.1) is 11.6 Å². The van der Waals surface area contributed by atoms with Gasteiger partial charge in [0.15, 0.2) is 9.84 Å². The number of carbonyl (C=O) groups is 1. The van der Waals surface area contributed by atoms with Crippen molar-refractivity contribution in [3.8, 4) is 5.75 Å². The second kappa shape index (κ2) is 8.76. The fourth-order valence-electron chi connectivity index (χ4n) is 3.12. The molecule has 1 aliphatic rings. The highest BCUT2D eigenvalue weighted by Gasteiger charge is 2.25. The molecule has 0 unspecified atom stereocenters. The number of rotatable bonds is 5. The number of carbonyl (C=O) groups excluding carboxylic acids is 1. The second-order valence-corrected chi connectivity index (χ2v) is 10.0. The maximum atomic E-state index is 13.9. The third kappa shape index (κ3) is 4.53. The molecule has 9 heteroatoms. The number of hydrogen-bond donors (Lipinski definition) is 1. The van der Waals surface area contributed by atoms with Crippen LogP contribution in [0.1, 0.15) is 11.1 Å². The minimum atomic E-state index is -4.03. The van der Waals surface area contributed by atoms with Gasteiger partial charge in [-0.3, -0.25) is 4.79 Å². The van der Waals surface area contributed by atoms with Crippen LogP contribution in [0.4, 0.5) is 14.5 Å². The lowest BCUT2D eigenvalue weighted by Gasteiger charge is -2.19. The van der Waals surface area contributed by atoms with E-state index in [0.29, 0.717) is 21.2 Å². The fraction of sp³-hybridized carbons (Fsp3) is 0.0870. The Kier molecular flexibility index (Phi) is 6.03. The molecule has 0 fully saturated rings. The predicted octanol–water partition coefficient (Wildman–Crippen LogP) is 5.03. The average Bonchev–Trinajstić information content (AvgIpc) is 2.77. The van der Waals surface area contributed by atoms with Crippen LogP contribution >= 0.6 is 11.8 Å². The number of benzene rings is 3. The van der Waals surface area contributed by atoms with Crippen molar-refractivity contribution in [3.05, 3.63) is 88.3 Å². The van der Waals surface area contributed by atoms with Crippen LogP contribution in [0.3, 0.4) is 0 Å². The van der Waals surface area contributed by atoms with Crippen molar-refractivity contribution >= 4 is 39.3 Å². The summed E-state index contributed by atoms with van der Waals surface area (Å²) in [5.41, 5.74) is 0.722. The number of amides is 1. The second-order valence-electron chi connectivity index (χ2n) is 6.96. The fourth-order valence-corrected chi connectivity index (χ4v) is 5.58. The van der Waals surface area contributed by atoms with Gasteiger partial charge in [0.05, 0.1) is 28.4 Å². The highest BCUT2D eigenvalue weighted by Crippen LogP contribution is 2.40. The summed E-state index contributed by atoms with van der Waals surface area (Å²) in [5, 5.41) is 2.73. The van der Waals surface area contributed by atoms with Gasteiger partial charge in [0.25, 0.3) is 5.91 Å². The van der Waals surface area contributed by atoms with Crippen LogP contribution in [-0.2, 0) is 20.4 Å². The molecular formula is C23H17F2NO4S2. The Bertz CT molecular complexity index is 1320. The van der Waals surface area contributed by atoms with Gasteiger partial charge in [-0.1, -0.05) is 30.0 Å². The van der Waals surface area contributed by atoms with Gasteiger partial charge < -0.3 is 10.1 Å². The van der Waals surface area contributed by atoms with E-state index in [9.17, 15) is 22.0 Å². The molecule has 32 heavy (non-hydrogen) atoms. The first-order chi connectivity index (χ1) is 15.3. The summed E-state index contributed by atoms with van der Waals surface area (Å²) in [5.74, 6) is -2.28. The lowest BCUT2D eigenvalue weighted by molar-refractivity contribution is -0.112. The number of hydrogen-bond acceptors (Lipinski definition) is 5. The molecule has 1 heterocycles. The summed E-state index contributed by atoms with van der Waals surface area (Å²) in [7, 11) is -2.47. The number of thioether (sulfide) groups is 1. The van der Waals surface area contributed by atoms with Crippen molar-refractivity contribution in [1.82, 2.24) is 0 Å². The van der Waals surface area contributed by atoms with Crippen molar-refractivity contribution in [2.45, 2.75) is 15.5 Å². The lowest BCUT2D eigenvalue weighted by atomic mass is 10.2. The summed E-state index contributed by atoms with van der Waals surface area (Å²) in [4.78, 5) is 13.3. The molecule has 1 amide bonds. The van der Waals surface area contributed by atoms with Gasteiger partial charge in [-0.05, 0) is 54.1 Å². The molecular weight excluding hydrogens is 456 g/mol. The normalized spacial score (nSPS) is 14.7. The van der Waals surface area contributed by atoms with Crippen LogP contribution in [0.15, 0.2) is 75.4 Å². The summed E-state index contributed by atoms with van der Waals surface area (Å²) in [6.45, 7) is 0. The van der Waals surface area contributed by atoms with E-state index in [1.54, 1.807) is 37.5 Å². The molecule has 0 bridgehead atoms. The molecule has 0 radical (unpaired) electrons. The van der Waals surface area contributed by atoms with E-state index in [4.69, 9.17) is 4.74 Å². The quantitative estimate of drug-likeness (QED) is 0.526. The molecule has 0 saturated carbocycles. The topological polar surface area (TPSA) is 72.5 Å². The van der Waals surface area contributed by atoms with Crippen molar-refractivity contribution in [1.29, 1.82) is 0 Å². The number of halogens is 2. The van der Waals surface area contributed by atoms with Crippen LogP contribution < -0.4 is 10.1 Å². The average molecular weight is 474 g/mol. The van der Waals surface area contributed by atoms with Gasteiger partial charge >= 0.3 is 0 Å². The Balaban J connectivity index is 1.64. The van der Waals surface area contributed by atoms with Crippen molar-refractivity contribution < 1.29 is 26.7 Å². The Labute approximate surface area is 188 Å². The summed E-state index contributed by atoms with van der Waals surface area (Å²) in [6, 6.07) is 14.5. The molecule has 1 aliphatic heterocycles.